The van der Waals surface area contributed by atoms with Gasteiger partial charge in [0.1, 0.15) is 5.78 Å². The zero-order valence-corrected chi connectivity index (χ0v) is 11.3. The normalized spacial score (nSPS) is 20.9. The maximum absolute atomic E-state index is 12.5. The molecule has 1 fully saturated rings. The van der Waals surface area contributed by atoms with Crippen LogP contribution >= 0.6 is 0 Å². The van der Waals surface area contributed by atoms with Crippen LogP contribution in [0.1, 0.15) is 26.7 Å². The minimum Gasteiger partial charge on any atom is -0.298 e. The van der Waals surface area contributed by atoms with Gasteiger partial charge in [-0.25, -0.2) is 8.42 Å². The van der Waals surface area contributed by atoms with Gasteiger partial charge in [0.15, 0.2) is 0 Å². The number of sulfonamides is 1. The van der Waals surface area contributed by atoms with Gasteiger partial charge in [-0.3, -0.25) is 9.78 Å². The topological polar surface area (TPSA) is 67.3 Å². The van der Waals surface area contributed by atoms with E-state index in [4.69, 9.17) is 0 Å². The van der Waals surface area contributed by atoms with Crippen LogP contribution in [0.15, 0.2) is 29.4 Å². The molecule has 2 rings (SSSR count). The van der Waals surface area contributed by atoms with Gasteiger partial charge in [-0.05, 0) is 32.4 Å². The zero-order valence-electron chi connectivity index (χ0n) is 10.5. The number of Topliss-reactive ketones (excluding diaryl/α,β-unsaturated/α-hetero) is 1. The average Bonchev–Trinajstić information content (AvgIpc) is 2.33. The number of ketones is 1. The predicted octanol–water partition coefficient (Wildman–Crippen LogP) is 1.21. The lowest BCUT2D eigenvalue weighted by molar-refractivity contribution is -0.123. The van der Waals surface area contributed by atoms with E-state index < -0.39 is 15.6 Å². The second-order valence-electron chi connectivity index (χ2n) is 5.05. The van der Waals surface area contributed by atoms with Crippen LogP contribution in [0.2, 0.25) is 0 Å². The van der Waals surface area contributed by atoms with Crippen molar-refractivity contribution in [1.29, 1.82) is 0 Å². The molecule has 0 radical (unpaired) electrons. The Labute approximate surface area is 107 Å². The average molecular weight is 268 g/mol. The molecular weight excluding hydrogens is 252 g/mol. The number of aromatic nitrogens is 1. The molecule has 1 aromatic rings. The molecule has 1 aromatic heterocycles. The smallest absolute Gasteiger partial charge is 0.244 e. The summed E-state index contributed by atoms with van der Waals surface area (Å²) in [5.41, 5.74) is -0.532. The summed E-state index contributed by atoms with van der Waals surface area (Å²) in [5, 5.41) is 0. The van der Waals surface area contributed by atoms with Crippen molar-refractivity contribution in [3.63, 3.8) is 0 Å². The van der Waals surface area contributed by atoms with Crippen molar-refractivity contribution in [3.8, 4) is 0 Å². The molecule has 6 heteroatoms. The van der Waals surface area contributed by atoms with Gasteiger partial charge in [0.2, 0.25) is 10.0 Å². The Morgan fingerprint density at radius 1 is 1.28 bits per heavy atom. The van der Waals surface area contributed by atoms with E-state index in [1.165, 1.54) is 28.8 Å². The second-order valence-corrected chi connectivity index (χ2v) is 6.91. The van der Waals surface area contributed by atoms with Crippen molar-refractivity contribution in [2.75, 3.05) is 6.54 Å². The summed E-state index contributed by atoms with van der Waals surface area (Å²) in [6.07, 6.45) is 3.86. The van der Waals surface area contributed by atoms with Gasteiger partial charge < -0.3 is 0 Å². The molecule has 1 saturated heterocycles. The van der Waals surface area contributed by atoms with Crippen molar-refractivity contribution in [3.05, 3.63) is 24.5 Å². The molecule has 5 nitrogen and oxygen atoms in total. The van der Waals surface area contributed by atoms with E-state index in [1.54, 1.807) is 0 Å². The fraction of sp³-hybridized carbons (Fsp3) is 0.500. The molecule has 0 spiro atoms. The van der Waals surface area contributed by atoms with Crippen molar-refractivity contribution < 1.29 is 13.2 Å². The minimum atomic E-state index is -3.63. The zero-order chi connectivity index (χ0) is 13.4. The molecule has 0 aliphatic carbocycles. The van der Waals surface area contributed by atoms with E-state index in [0.717, 1.165) is 0 Å². The Balaban J connectivity index is 2.43. The lowest BCUT2D eigenvalue weighted by Gasteiger charge is -2.40. The van der Waals surface area contributed by atoms with Crippen LogP contribution in [0.3, 0.4) is 0 Å². The molecular formula is C12H16N2O3S. The predicted molar refractivity (Wildman–Crippen MR) is 66.4 cm³/mol. The van der Waals surface area contributed by atoms with Gasteiger partial charge in [-0.1, -0.05) is 0 Å². The molecule has 0 unspecified atom stereocenters. The second kappa shape index (κ2) is 4.44. The third-order valence-electron chi connectivity index (χ3n) is 3.25. The number of nitrogens with zero attached hydrogens (tertiary/aromatic N) is 2. The highest BCUT2D eigenvalue weighted by atomic mass is 32.2. The van der Waals surface area contributed by atoms with Gasteiger partial charge in [0.05, 0.1) is 11.4 Å². The van der Waals surface area contributed by atoms with Gasteiger partial charge in [0.25, 0.3) is 0 Å². The Morgan fingerprint density at radius 3 is 2.50 bits per heavy atom. The first-order valence-corrected chi connectivity index (χ1v) is 7.23. The van der Waals surface area contributed by atoms with Crippen LogP contribution in [0.5, 0.6) is 0 Å². The standard InChI is InChI=1S/C12H16N2O3S/c1-12(2)6-3-10(15)9-14(12)18(16,17)11-4-7-13-8-5-11/h4-5,7-8H,3,6,9H2,1-2H3. The number of hydrogen-bond acceptors (Lipinski definition) is 4. The fourth-order valence-electron chi connectivity index (χ4n) is 2.07. The van der Waals surface area contributed by atoms with Crippen LogP contribution in [-0.4, -0.2) is 35.6 Å². The van der Waals surface area contributed by atoms with Crippen LogP contribution in [0, 0.1) is 0 Å². The molecule has 0 atom stereocenters. The van der Waals surface area contributed by atoms with Crippen LogP contribution in [0.25, 0.3) is 0 Å². The molecule has 0 N–H and O–H groups in total. The summed E-state index contributed by atoms with van der Waals surface area (Å²) in [5.74, 6) is -0.0352. The highest BCUT2D eigenvalue weighted by molar-refractivity contribution is 7.89. The monoisotopic (exact) mass is 268 g/mol. The molecule has 2 heterocycles. The first-order chi connectivity index (χ1) is 8.34. The minimum absolute atomic E-state index is 0.0352. The summed E-state index contributed by atoms with van der Waals surface area (Å²) in [6.45, 7) is 3.65. The fourth-order valence-corrected chi connectivity index (χ4v) is 3.85. The van der Waals surface area contributed by atoms with E-state index in [9.17, 15) is 13.2 Å². The Hall–Kier alpha value is -1.27. The van der Waals surface area contributed by atoms with Crippen LogP contribution in [-0.2, 0) is 14.8 Å². The van der Waals surface area contributed by atoms with Gasteiger partial charge in [-0.2, -0.15) is 4.31 Å². The molecule has 18 heavy (non-hydrogen) atoms. The third kappa shape index (κ3) is 2.30. The molecule has 0 amide bonds. The van der Waals surface area contributed by atoms with E-state index in [1.807, 2.05) is 13.8 Å². The van der Waals surface area contributed by atoms with E-state index in [2.05, 4.69) is 4.98 Å². The van der Waals surface area contributed by atoms with E-state index >= 15 is 0 Å². The van der Waals surface area contributed by atoms with Crippen molar-refractivity contribution in [2.24, 2.45) is 0 Å². The largest absolute Gasteiger partial charge is 0.298 e. The van der Waals surface area contributed by atoms with Gasteiger partial charge in [0, 0.05) is 24.4 Å². The number of carbonyl (C=O) groups is 1. The number of rotatable bonds is 2. The van der Waals surface area contributed by atoms with Crippen LogP contribution < -0.4 is 0 Å². The SMILES string of the molecule is CC1(C)CCC(=O)CN1S(=O)(=O)c1ccncc1. The molecule has 1 aliphatic rings. The summed E-state index contributed by atoms with van der Waals surface area (Å²) in [7, 11) is -3.63. The van der Waals surface area contributed by atoms with Crippen LogP contribution in [0.4, 0.5) is 0 Å². The number of pyridine rings is 1. The third-order valence-corrected chi connectivity index (χ3v) is 5.32. The van der Waals surface area contributed by atoms with Crippen molar-refractivity contribution >= 4 is 15.8 Å². The number of carbonyl (C=O) groups excluding carboxylic acids is 1. The van der Waals surface area contributed by atoms with E-state index in [0.29, 0.717) is 12.8 Å². The Bertz CT molecular complexity index is 552. The summed E-state index contributed by atoms with van der Waals surface area (Å²) < 4.78 is 26.3. The maximum atomic E-state index is 12.5. The van der Waals surface area contributed by atoms with Gasteiger partial charge >= 0.3 is 0 Å². The first-order valence-electron chi connectivity index (χ1n) is 5.79. The maximum Gasteiger partial charge on any atom is 0.244 e. The van der Waals surface area contributed by atoms with Crippen molar-refractivity contribution in [2.45, 2.75) is 37.1 Å². The summed E-state index contributed by atoms with van der Waals surface area (Å²) in [4.78, 5) is 15.5. The number of hydrogen-bond donors (Lipinski definition) is 0. The van der Waals surface area contributed by atoms with Gasteiger partial charge in [-0.15, -0.1) is 0 Å². The molecule has 0 saturated carbocycles. The molecule has 0 bridgehead atoms. The lowest BCUT2D eigenvalue weighted by atomic mass is 9.93. The highest BCUT2D eigenvalue weighted by Crippen LogP contribution is 2.31. The Kier molecular flexibility index (Phi) is 3.25. The quantitative estimate of drug-likeness (QED) is 0.808. The molecule has 1 aliphatic heterocycles. The highest BCUT2D eigenvalue weighted by Gasteiger charge is 2.41. The summed E-state index contributed by atoms with van der Waals surface area (Å²) in [6, 6.07) is 2.90. The molecule has 0 aromatic carbocycles. The van der Waals surface area contributed by atoms with Crippen molar-refractivity contribution in [1.82, 2.24) is 9.29 Å². The number of piperidine rings is 1. The Morgan fingerprint density at radius 2 is 1.89 bits per heavy atom. The van der Waals surface area contributed by atoms with E-state index in [-0.39, 0.29) is 17.2 Å². The lowest BCUT2D eigenvalue weighted by Crippen LogP contribution is -2.53. The summed E-state index contributed by atoms with van der Waals surface area (Å²) >= 11 is 0. The first kappa shape index (κ1) is 13.2. The molecule has 98 valence electrons.